The van der Waals surface area contributed by atoms with E-state index in [0.717, 1.165) is 0 Å². The quantitative estimate of drug-likeness (QED) is 0.534. The van der Waals surface area contributed by atoms with Gasteiger partial charge in [0.1, 0.15) is 5.75 Å². The molecule has 1 aromatic heterocycles. The average molecular weight is 360 g/mol. The number of amides is 1. The molecule has 6 nitrogen and oxygen atoms in total. The zero-order chi connectivity index (χ0) is 18.2. The fourth-order valence-electron chi connectivity index (χ4n) is 2.05. The summed E-state index contributed by atoms with van der Waals surface area (Å²) < 4.78 is 10.6. The predicted octanol–water partition coefficient (Wildman–Crippen LogP) is 3.31. The number of aromatic nitrogens is 1. The second-order valence-electron chi connectivity index (χ2n) is 5.05. The highest BCUT2D eigenvalue weighted by molar-refractivity contribution is 7.14. The van der Waals surface area contributed by atoms with Crippen molar-refractivity contribution in [1.82, 2.24) is 4.98 Å². The van der Waals surface area contributed by atoms with E-state index >= 15 is 0 Å². The van der Waals surface area contributed by atoms with Crippen LogP contribution >= 0.6 is 11.3 Å². The molecule has 1 aromatic carbocycles. The van der Waals surface area contributed by atoms with Crippen LogP contribution in [0.25, 0.3) is 0 Å². The summed E-state index contributed by atoms with van der Waals surface area (Å²) in [7, 11) is 0. The molecule has 1 amide bonds. The summed E-state index contributed by atoms with van der Waals surface area (Å²) in [5.74, 6) is -0.175. The van der Waals surface area contributed by atoms with Crippen LogP contribution in [-0.4, -0.2) is 36.1 Å². The first-order valence-electron chi connectivity index (χ1n) is 7.83. The van der Waals surface area contributed by atoms with Crippen LogP contribution in [0.15, 0.2) is 48.4 Å². The van der Waals surface area contributed by atoms with E-state index in [4.69, 9.17) is 9.47 Å². The summed E-state index contributed by atoms with van der Waals surface area (Å²) in [4.78, 5) is 30.1. The van der Waals surface area contributed by atoms with Crippen molar-refractivity contribution in [3.8, 4) is 5.75 Å². The van der Waals surface area contributed by atoms with E-state index in [9.17, 15) is 9.59 Å². The van der Waals surface area contributed by atoms with Gasteiger partial charge in [-0.05, 0) is 26.0 Å². The maximum absolute atomic E-state index is 12.7. The molecule has 0 radical (unpaired) electrons. The zero-order valence-corrected chi connectivity index (χ0v) is 15.0. The Hall–Kier alpha value is -2.67. The summed E-state index contributed by atoms with van der Waals surface area (Å²) in [5.41, 5.74) is 0.181. The van der Waals surface area contributed by atoms with Crippen LogP contribution in [0.3, 0.4) is 0 Å². The van der Waals surface area contributed by atoms with E-state index in [-0.39, 0.29) is 24.8 Å². The van der Waals surface area contributed by atoms with Gasteiger partial charge in [0.25, 0.3) is 5.91 Å². The molecule has 25 heavy (non-hydrogen) atoms. The zero-order valence-electron chi connectivity index (χ0n) is 14.2. The van der Waals surface area contributed by atoms with Gasteiger partial charge >= 0.3 is 5.97 Å². The van der Waals surface area contributed by atoms with Crippen LogP contribution in [0.4, 0.5) is 5.13 Å². The van der Waals surface area contributed by atoms with Crippen LogP contribution in [0, 0.1) is 0 Å². The molecular formula is C18H20N2O4S. The minimum absolute atomic E-state index is 0.181. The highest BCUT2D eigenvalue weighted by Gasteiger charge is 2.26. The van der Waals surface area contributed by atoms with E-state index < -0.39 is 12.1 Å². The van der Waals surface area contributed by atoms with E-state index in [2.05, 4.69) is 11.6 Å². The Labute approximate surface area is 150 Å². The molecular weight excluding hydrogens is 340 g/mol. The molecule has 0 saturated carbocycles. The van der Waals surface area contributed by atoms with Crippen LogP contribution in [0.2, 0.25) is 0 Å². The Morgan fingerprint density at radius 3 is 2.72 bits per heavy atom. The van der Waals surface area contributed by atoms with Crippen molar-refractivity contribution in [2.75, 3.05) is 18.1 Å². The van der Waals surface area contributed by atoms with Crippen molar-refractivity contribution in [2.45, 2.75) is 20.0 Å². The van der Waals surface area contributed by atoms with Crippen LogP contribution in [0.1, 0.15) is 24.3 Å². The molecule has 1 atom stereocenters. The minimum Gasteiger partial charge on any atom is -0.481 e. The number of carbonyl (C=O) groups is 2. The van der Waals surface area contributed by atoms with Gasteiger partial charge in [0.15, 0.2) is 16.9 Å². The number of hydrogen-bond acceptors (Lipinski definition) is 6. The summed E-state index contributed by atoms with van der Waals surface area (Å²) in [6.45, 7) is 7.60. The molecule has 0 aliphatic carbocycles. The number of rotatable bonds is 8. The van der Waals surface area contributed by atoms with E-state index in [1.165, 1.54) is 16.2 Å². The number of nitrogens with zero attached hydrogens (tertiary/aromatic N) is 2. The third kappa shape index (κ3) is 4.90. The average Bonchev–Trinajstić information content (AvgIpc) is 3.10. The van der Waals surface area contributed by atoms with Crippen molar-refractivity contribution in [3.05, 3.63) is 54.1 Å². The number of carbonyl (C=O) groups excluding carboxylic acids is 2. The second-order valence-corrected chi connectivity index (χ2v) is 5.88. The van der Waals surface area contributed by atoms with Crippen LogP contribution in [0.5, 0.6) is 5.75 Å². The lowest BCUT2D eigenvalue weighted by molar-refractivity contribution is -0.124. The van der Waals surface area contributed by atoms with Crippen molar-refractivity contribution in [3.63, 3.8) is 0 Å². The summed E-state index contributed by atoms with van der Waals surface area (Å²) in [5, 5.41) is 1.97. The topological polar surface area (TPSA) is 68.7 Å². The molecule has 0 fully saturated rings. The van der Waals surface area contributed by atoms with Gasteiger partial charge in [-0.1, -0.05) is 24.3 Å². The molecule has 7 heteroatoms. The molecule has 0 spiro atoms. The Kier molecular flexibility index (Phi) is 6.71. The molecule has 0 saturated heterocycles. The predicted molar refractivity (Wildman–Crippen MR) is 97.2 cm³/mol. The highest BCUT2D eigenvalue weighted by atomic mass is 32.1. The Balaban J connectivity index is 2.15. The lowest BCUT2D eigenvalue weighted by atomic mass is 10.3. The van der Waals surface area contributed by atoms with Gasteiger partial charge in [-0.3, -0.25) is 9.69 Å². The number of esters is 1. The SMILES string of the molecule is C=CCN(C(=O)[C@@H](C)Oc1ccccc1)c1nc(C(=O)OCC)cs1. The standard InChI is InChI=1S/C18H20N2O4S/c1-4-11-20(18-19-15(12-25-18)17(22)23-5-2)16(21)13(3)24-14-9-7-6-8-10-14/h4,6-10,12-13H,1,5,11H2,2-3H3/t13-/m1/s1. The van der Waals surface area contributed by atoms with Crippen molar-refractivity contribution in [2.24, 2.45) is 0 Å². The molecule has 0 bridgehead atoms. The molecule has 0 aliphatic heterocycles. The summed E-state index contributed by atoms with van der Waals surface area (Å²) in [6.07, 6.45) is 0.885. The highest BCUT2D eigenvalue weighted by Crippen LogP contribution is 2.23. The van der Waals surface area contributed by atoms with Gasteiger partial charge in [-0.25, -0.2) is 9.78 Å². The molecule has 1 heterocycles. The molecule has 132 valence electrons. The van der Waals surface area contributed by atoms with Gasteiger partial charge < -0.3 is 9.47 Å². The summed E-state index contributed by atoms with van der Waals surface area (Å²) in [6, 6.07) is 9.10. The number of ether oxygens (including phenoxy) is 2. The van der Waals surface area contributed by atoms with E-state index in [1.54, 1.807) is 37.4 Å². The lowest BCUT2D eigenvalue weighted by Crippen LogP contribution is -2.40. The normalized spacial score (nSPS) is 11.4. The first-order chi connectivity index (χ1) is 12.1. The molecule has 0 unspecified atom stereocenters. The lowest BCUT2D eigenvalue weighted by Gasteiger charge is -2.22. The van der Waals surface area contributed by atoms with Gasteiger partial charge in [-0.2, -0.15) is 0 Å². The Bertz CT molecular complexity index is 730. The third-order valence-electron chi connectivity index (χ3n) is 3.19. The van der Waals surface area contributed by atoms with Gasteiger partial charge in [-0.15, -0.1) is 17.9 Å². The van der Waals surface area contributed by atoms with E-state index in [0.29, 0.717) is 10.9 Å². The molecule has 2 rings (SSSR count). The van der Waals surface area contributed by atoms with Gasteiger partial charge in [0.05, 0.1) is 6.61 Å². The number of thiazole rings is 1. The first kappa shape index (κ1) is 18.7. The Morgan fingerprint density at radius 2 is 2.08 bits per heavy atom. The van der Waals surface area contributed by atoms with Gasteiger partial charge in [0.2, 0.25) is 0 Å². The van der Waals surface area contributed by atoms with Gasteiger partial charge in [0, 0.05) is 11.9 Å². The van der Waals surface area contributed by atoms with E-state index in [1.807, 2.05) is 18.2 Å². The van der Waals surface area contributed by atoms with Crippen molar-refractivity contribution in [1.29, 1.82) is 0 Å². The minimum atomic E-state index is -0.711. The maximum Gasteiger partial charge on any atom is 0.357 e. The van der Waals surface area contributed by atoms with Crippen LogP contribution in [-0.2, 0) is 9.53 Å². The smallest absolute Gasteiger partial charge is 0.357 e. The number of benzene rings is 1. The monoisotopic (exact) mass is 360 g/mol. The number of anilines is 1. The fraction of sp³-hybridized carbons (Fsp3) is 0.278. The number of hydrogen-bond donors (Lipinski definition) is 0. The first-order valence-corrected chi connectivity index (χ1v) is 8.71. The Morgan fingerprint density at radius 1 is 1.36 bits per heavy atom. The molecule has 0 N–H and O–H groups in total. The van der Waals surface area contributed by atoms with Crippen LogP contribution < -0.4 is 9.64 Å². The second kappa shape index (κ2) is 8.98. The third-order valence-corrected chi connectivity index (χ3v) is 4.05. The summed E-state index contributed by atoms with van der Waals surface area (Å²) >= 11 is 1.19. The number of para-hydroxylation sites is 1. The van der Waals surface area contributed by atoms with Crippen molar-refractivity contribution >= 4 is 28.3 Å². The van der Waals surface area contributed by atoms with Crippen molar-refractivity contribution < 1.29 is 19.1 Å². The molecule has 0 aliphatic rings. The largest absolute Gasteiger partial charge is 0.481 e. The molecule has 2 aromatic rings. The fourth-order valence-corrected chi connectivity index (χ4v) is 2.86. The maximum atomic E-state index is 12.7.